The first-order chi connectivity index (χ1) is 10.2. The monoisotopic (exact) mass is 344 g/mol. The molecule has 1 aliphatic heterocycles. The molecule has 0 spiro atoms. The molecule has 1 aromatic rings. The van der Waals surface area contributed by atoms with Crippen LogP contribution in [0, 0.1) is 0 Å². The summed E-state index contributed by atoms with van der Waals surface area (Å²) < 4.78 is 22.3. The predicted octanol–water partition coefficient (Wildman–Crippen LogP) is 2.23. The molecule has 22 heavy (non-hydrogen) atoms. The molecule has 1 N–H and O–H groups in total. The van der Waals surface area contributed by atoms with Crippen molar-refractivity contribution in [1.29, 1.82) is 0 Å². The standard InChI is InChI=1S/C15H21ClN2O3S/c1-11(6-8-22(2,20)21)17-15(19)18-7-5-12-9-14(16)4-3-13(12)10-18/h3-4,9,11H,5-8,10H2,1-2H3,(H,17,19). The van der Waals surface area contributed by atoms with Crippen molar-refractivity contribution in [3.05, 3.63) is 34.3 Å². The van der Waals surface area contributed by atoms with Gasteiger partial charge >= 0.3 is 6.03 Å². The van der Waals surface area contributed by atoms with Gasteiger partial charge in [0.15, 0.2) is 0 Å². The Balaban J connectivity index is 1.90. The number of fused-ring (bicyclic) bond motifs is 1. The molecule has 2 amide bonds. The Labute approximate surface area is 136 Å². The van der Waals surface area contributed by atoms with Crippen LogP contribution in [0.25, 0.3) is 0 Å². The number of amides is 2. The summed E-state index contributed by atoms with van der Waals surface area (Å²) in [4.78, 5) is 14.0. The minimum Gasteiger partial charge on any atom is -0.335 e. The van der Waals surface area contributed by atoms with E-state index in [1.54, 1.807) is 4.90 Å². The number of rotatable bonds is 4. The van der Waals surface area contributed by atoms with E-state index in [9.17, 15) is 13.2 Å². The Kier molecular flexibility index (Phi) is 5.34. The largest absolute Gasteiger partial charge is 0.335 e. The smallest absolute Gasteiger partial charge is 0.317 e. The van der Waals surface area contributed by atoms with Gasteiger partial charge in [-0.25, -0.2) is 13.2 Å². The molecule has 0 saturated carbocycles. The fourth-order valence-corrected chi connectivity index (χ4v) is 3.44. The van der Waals surface area contributed by atoms with Crippen LogP contribution in [0.1, 0.15) is 24.5 Å². The van der Waals surface area contributed by atoms with Gasteiger partial charge in [0.1, 0.15) is 9.84 Å². The Bertz CT molecular complexity index is 661. The zero-order valence-corrected chi connectivity index (χ0v) is 14.4. The molecule has 0 fully saturated rings. The van der Waals surface area contributed by atoms with Gasteiger partial charge in [0.05, 0.1) is 5.75 Å². The molecule has 0 bridgehead atoms. The summed E-state index contributed by atoms with van der Waals surface area (Å²) in [5, 5.41) is 3.57. The van der Waals surface area contributed by atoms with Crippen molar-refractivity contribution in [3.63, 3.8) is 0 Å². The quantitative estimate of drug-likeness (QED) is 0.910. The van der Waals surface area contributed by atoms with Crippen molar-refractivity contribution >= 4 is 27.5 Å². The van der Waals surface area contributed by atoms with Gasteiger partial charge in [-0.15, -0.1) is 0 Å². The van der Waals surface area contributed by atoms with Crippen molar-refractivity contribution in [3.8, 4) is 0 Å². The summed E-state index contributed by atoms with van der Waals surface area (Å²) >= 11 is 5.97. The lowest BCUT2D eigenvalue weighted by molar-refractivity contribution is 0.189. The number of benzene rings is 1. The van der Waals surface area contributed by atoms with Crippen molar-refractivity contribution in [2.45, 2.75) is 32.4 Å². The average molecular weight is 345 g/mol. The van der Waals surface area contributed by atoms with Crippen molar-refractivity contribution < 1.29 is 13.2 Å². The van der Waals surface area contributed by atoms with Gasteiger partial charge in [-0.05, 0) is 43.0 Å². The van der Waals surface area contributed by atoms with Crippen LogP contribution in [0.15, 0.2) is 18.2 Å². The Morgan fingerprint density at radius 2 is 2.14 bits per heavy atom. The first-order valence-corrected chi connectivity index (χ1v) is 9.69. The number of hydrogen-bond acceptors (Lipinski definition) is 3. The van der Waals surface area contributed by atoms with Gasteiger partial charge in [-0.1, -0.05) is 17.7 Å². The Morgan fingerprint density at radius 1 is 1.41 bits per heavy atom. The minimum absolute atomic E-state index is 0.0791. The van der Waals surface area contributed by atoms with Crippen LogP contribution in [-0.4, -0.2) is 43.9 Å². The van der Waals surface area contributed by atoms with Crippen LogP contribution in [0.3, 0.4) is 0 Å². The average Bonchev–Trinajstić information content (AvgIpc) is 2.43. The fraction of sp³-hybridized carbons (Fsp3) is 0.533. The second-order valence-corrected chi connectivity index (χ2v) is 8.55. The maximum Gasteiger partial charge on any atom is 0.317 e. The second-order valence-electron chi connectivity index (χ2n) is 5.85. The van der Waals surface area contributed by atoms with Crippen LogP contribution in [-0.2, 0) is 22.8 Å². The number of carbonyl (C=O) groups is 1. The molecule has 0 radical (unpaired) electrons. The van der Waals surface area contributed by atoms with Gasteiger partial charge in [0.25, 0.3) is 0 Å². The molecule has 1 aliphatic rings. The molecule has 1 unspecified atom stereocenters. The first kappa shape index (κ1) is 17.1. The van der Waals surface area contributed by atoms with Crippen LogP contribution in [0.4, 0.5) is 4.79 Å². The molecule has 1 aromatic carbocycles. The highest BCUT2D eigenvalue weighted by atomic mass is 35.5. The minimum atomic E-state index is -3.00. The molecule has 5 nitrogen and oxygen atoms in total. The molecular weight excluding hydrogens is 324 g/mol. The molecule has 1 heterocycles. The molecule has 2 rings (SSSR count). The molecular formula is C15H21ClN2O3S. The van der Waals surface area contributed by atoms with Gasteiger partial charge in [0, 0.05) is 30.4 Å². The van der Waals surface area contributed by atoms with Crippen LogP contribution in [0.5, 0.6) is 0 Å². The van der Waals surface area contributed by atoms with E-state index in [2.05, 4.69) is 5.32 Å². The number of carbonyl (C=O) groups excluding carboxylic acids is 1. The van der Waals surface area contributed by atoms with Crippen molar-refractivity contribution in [2.75, 3.05) is 18.6 Å². The number of halogens is 1. The summed E-state index contributed by atoms with van der Waals surface area (Å²) in [6.45, 7) is 3.01. The van der Waals surface area contributed by atoms with Gasteiger partial charge in [0.2, 0.25) is 0 Å². The molecule has 122 valence electrons. The van der Waals surface area contributed by atoms with Crippen molar-refractivity contribution in [2.24, 2.45) is 0 Å². The maximum atomic E-state index is 12.2. The topological polar surface area (TPSA) is 66.5 Å². The summed E-state index contributed by atoms with van der Waals surface area (Å²) in [6.07, 6.45) is 2.40. The van der Waals surface area contributed by atoms with E-state index in [-0.39, 0.29) is 17.8 Å². The summed E-state index contributed by atoms with van der Waals surface area (Å²) in [6, 6.07) is 5.40. The molecule has 0 aliphatic carbocycles. The zero-order chi connectivity index (χ0) is 16.3. The zero-order valence-electron chi connectivity index (χ0n) is 12.8. The SMILES string of the molecule is CC(CCS(C)(=O)=O)NC(=O)N1CCc2cc(Cl)ccc2C1. The Morgan fingerprint density at radius 3 is 2.82 bits per heavy atom. The van der Waals surface area contributed by atoms with E-state index in [4.69, 9.17) is 11.6 Å². The first-order valence-electron chi connectivity index (χ1n) is 7.25. The second kappa shape index (κ2) is 6.87. The Hall–Kier alpha value is -1.27. The van der Waals surface area contributed by atoms with E-state index in [0.29, 0.717) is 24.5 Å². The number of sulfone groups is 1. The molecule has 7 heteroatoms. The molecule has 0 saturated heterocycles. The predicted molar refractivity (Wildman–Crippen MR) is 87.9 cm³/mol. The maximum absolute atomic E-state index is 12.2. The molecule has 1 atom stereocenters. The summed E-state index contributed by atoms with van der Waals surface area (Å²) in [5.74, 6) is 0.0791. The highest BCUT2D eigenvalue weighted by Gasteiger charge is 2.22. The van der Waals surface area contributed by atoms with Crippen molar-refractivity contribution in [1.82, 2.24) is 10.2 Å². The van der Waals surface area contributed by atoms with Gasteiger partial charge in [-0.2, -0.15) is 0 Å². The molecule has 0 aromatic heterocycles. The van der Waals surface area contributed by atoms with E-state index < -0.39 is 9.84 Å². The number of hydrogen-bond donors (Lipinski definition) is 1. The normalized spacial score (nSPS) is 16.0. The number of nitrogens with zero attached hydrogens (tertiary/aromatic N) is 1. The van der Waals surface area contributed by atoms with E-state index in [1.807, 2.05) is 25.1 Å². The van der Waals surface area contributed by atoms with E-state index >= 15 is 0 Å². The number of nitrogens with one attached hydrogen (secondary N) is 1. The number of urea groups is 1. The summed E-state index contributed by atoms with van der Waals surface area (Å²) in [5.41, 5.74) is 2.29. The van der Waals surface area contributed by atoms with Gasteiger partial charge in [-0.3, -0.25) is 0 Å². The lowest BCUT2D eigenvalue weighted by Crippen LogP contribution is -2.46. The van der Waals surface area contributed by atoms with E-state index in [0.717, 1.165) is 12.0 Å². The third-order valence-electron chi connectivity index (χ3n) is 3.76. The highest BCUT2D eigenvalue weighted by molar-refractivity contribution is 7.90. The fourth-order valence-electron chi connectivity index (χ4n) is 2.46. The van der Waals surface area contributed by atoms with Crippen LogP contribution >= 0.6 is 11.6 Å². The van der Waals surface area contributed by atoms with Crippen LogP contribution in [0.2, 0.25) is 5.02 Å². The van der Waals surface area contributed by atoms with E-state index in [1.165, 1.54) is 11.8 Å². The third-order valence-corrected chi connectivity index (χ3v) is 4.97. The lowest BCUT2D eigenvalue weighted by Gasteiger charge is -2.30. The highest BCUT2D eigenvalue weighted by Crippen LogP contribution is 2.22. The van der Waals surface area contributed by atoms with Gasteiger partial charge < -0.3 is 10.2 Å². The van der Waals surface area contributed by atoms with Crippen LogP contribution < -0.4 is 5.32 Å². The third kappa shape index (κ3) is 4.88. The summed E-state index contributed by atoms with van der Waals surface area (Å²) in [7, 11) is -3.00. The lowest BCUT2D eigenvalue weighted by atomic mass is 10.0.